The van der Waals surface area contributed by atoms with E-state index in [9.17, 15) is 25.2 Å². The minimum absolute atomic E-state index is 0.363. The van der Waals surface area contributed by atoms with E-state index in [0.29, 0.717) is 19.3 Å². The Labute approximate surface area is 316 Å². The summed E-state index contributed by atoms with van der Waals surface area (Å²) in [5, 5.41) is 43.6. The lowest BCUT2D eigenvalue weighted by Crippen LogP contribution is -2.53. The molecule has 51 heavy (non-hydrogen) atoms. The molecular weight excluding hydrogens is 634 g/mol. The molecule has 0 heterocycles. The van der Waals surface area contributed by atoms with Crippen molar-refractivity contribution >= 4 is 5.91 Å². The lowest BCUT2D eigenvalue weighted by atomic mass is 10.00. The van der Waals surface area contributed by atoms with E-state index in [1.807, 2.05) is 0 Å². The van der Waals surface area contributed by atoms with Crippen LogP contribution in [-0.2, 0) is 4.79 Å². The van der Waals surface area contributed by atoms with Gasteiger partial charge in [0.15, 0.2) is 0 Å². The Morgan fingerprint density at radius 2 is 0.824 bits per heavy atom. The van der Waals surface area contributed by atoms with Crippen LogP contribution in [0.25, 0.3) is 0 Å². The minimum atomic E-state index is -1.29. The molecule has 6 heteroatoms. The van der Waals surface area contributed by atoms with Gasteiger partial charge in [-0.2, -0.15) is 0 Å². The third-order valence-electron chi connectivity index (χ3n) is 10.4. The minimum Gasteiger partial charge on any atom is -0.394 e. The molecule has 0 aliphatic heterocycles. The summed E-state index contributed by atoms with van der Waals surface area (Å²) in [5.41, 5.74) is 0. The first-order valence-corrected chi connectivity index (χ1v) is 22.2. The van der Waals surface area contributed by atoms with Crippen molar-refractivity contribution in [3.8, 4) is 0 Å². The molecule has 1 amide bonds. The van der Waals surface area contributed by atoms with Crippen LogP contribution in [0.5, 0.6) is 0 Å². The summed E-state index contributed by atoms with van der Waals surface area (Å²) in [5.74, 6) is -0.597. The molecule has 0 saturated carbocycles. The normalized spacial score (nSPS) is 14.4. The van der Waals surface area contributed by atoms with E-state index in [1.54, 1.807) is 0 Å². The average Bonchev–Trinajstić information content (AvgIpc) is 3.13. The summed E-state index contributed by atoms with van der Waals surface area (Å²) in [6.45, 7) is 4.03. The Bertz CT molecular complexity index is 772. The molecule has 0 bridgehead atoms. The number of hydrogen-bond acceptors (Lipinski definition) is 5. The predicted molar refractivity (Wildman–Crippen MR) is 219 cm³/mol. The van der Waals surface area contributed by atoms with Crippen molar-refractivity contribution in [2.45, 2.75) is 250 Å². The van der Waals surface area contributed by atoms with Crippen LogP contribution in [-0.4, -0.2) is 57.3 Å². The van der Waals surface area contributed by atoms with E-state index in [4.69, 9.17) is 0 Å². The molecule has 5 N–H and O–H groups in total. The van der Waals surface area contributed by atoms with E-state index in [2.05, 4.69) is 43.5 Å². The van der Waals surface area contributed by atoms with Crippen LogP contribution in [0, 0.1) is 0 Å². The SMILES string of the molecule is CCCCCCCCCCCCCCC/C=C/CC/C=C/CCCC(O)C(O)C(CO)NC(=O)C(O)CCCCCCCCCCCCCCC. The van der Waals surface area contributed by atoms with E-state index in [-0.39, 0.29) is 0 Å². The van der Waals surface area contributed by atoms with Crippen LogP contribution < -0.4 is 5.32 Å². The number of nitrogens with one attached hydrogen (secondary N) is 1. The fraction of sp³-hybridized carbons (Fsp3) is 0.889. The zero-order chi connectivity index (χ0) is 37.5. The molecule has 0 aromatic rings. The van der Waals surface area contributed by atoms with E-state index >= 15 is 0 Å². The van der Waals surface area contributed by atoms with Crippen LogP contribution in [0.1, 0.15) is 226 Å². The van der Waals surface area contributed by atoms with Crippen LogP contribution in [0.3, 0.4) is 0 Å². The van der Waals surface area contributed by atoms with Gasteiger partial charge in [0, 0.05) is 0 Å². The second-order valence-electron chi connectivity index (χ2n) is 15.4. The first-order valence-electron chi connectivity index (χ1n) is 22.2. The van der Waals surface area contributed by atoms with Gasteiger partial charge >= 0.3 is 0 Å². The molecule has 0 aliphatic rings. The van der Waals surface area contributed by atoms with Crippen LogP contribution in [0.15, 0.2) is 24.3 Å². The van der Waals surface area contributed by atoms with Gasteiger partial charge in [-0.15, -0.1) is 0 Å². The molecule has 0 rings (SSSR count). The Balaban J connectivity index is 3.78. The lowest BCUT2D eigenvalue weighted by molar-refractivity contribution is -0.132. The Hall–Kier alpha value is -1.21. The maximum Gasteiger partial charge on any atom is 0.249 e. The largest absolute Gasteiger partial charge is 0.394 e. The summed E-state index contributed by atoms with van der Waals surface area (Å²) in [6.07, 6.45) is 45.0. The molecule has 0 spiro atoms. The number of carbonyl (C=O) groups excluding carboxylic acids is 1. The number of carbonyl (C=O) groups is 1. The van der Waals surface area contributed by atoms with E-state index in [0.717, 1.165) is 38.5 Å². The summed E-state index contributed by atoms with van der Waals surface area (Å²) in [6, 6.07) is -1.00. The highest BCUT2D eigenvalue weighted by Crippen LogP contribution is 2.16. The number of unbranched alkanes of at least 4 members (excludes halogenated alkanes) is 27. The van der Waals surface area contributed by atoms with Gasteiger partial charge in [0.1, 0.15) is 12.2 Å². The molecule has 0 aliphatic carbocycles. The van der Waals surface area contributed by atoms with Crippen molar-refractivity contribution in [2.75, 3.05) is 6.61 Å². The average molecular weight is 722 g/mol. The van der Waals surface area contributed by atoms with Crippen molar-refractivity contribution in [3.63, 3.8) is 0 Å². The van der Waals surface area contributed by atoms with Gasteiger partial charge in [0.25, 0.3) is 0 Å². The van der Waals surface area contributed by atoms with Gasteiger partial charge in [0.2, 0.25) is 5.91 Å². The van der Waals surface area contributed by atoms with Gasteiger partial charge < -0.3 is 25.7 Å². The fourth-order valence-corrected chi connectivity index (χ4v) is 6.83. The summed E-state index contributed by atoms with van der Waals surface area (Å²) in [7, 11) is 0. The maximum atomic E-state index is 12.5. The Morgan fingerprint density at radius 1 is 0.471 bits per heavy atom. The van der Waals surface area contributed by atoms with Crippen molar-refractivity contribution in [3.05, 3.63) is 24.3 Å². The molecule has 0 saturated heterocycles. The third-order valence-corrected chi connectivity index (χ3v) is 10.4. The Kier molecular flexibility index (Phi) is 39.0. The highest BCUT2D eigenvalue weighted by Gasteiger charge is 2.28. The van der Waals surface area contributed by atoms with Crippen molar-refractivity contribution < 1.29 is 25.2 Å². The number of aliphatic hydroxyl groups is 4. The molecule has 302 valence electrons. The van der Waals surface area contributed by atoms with Crippen LogP contribution in [0.2, 0.25) is 0 Å². The van der Waals surface area contributed by atoms with E-state index in [1.165, 1.54) is 154 Å². The van der Waals surface area contributed by atoms with Gasteiger partial charge in [-0.25, -0.2) is 0 Å². The van der Waals surface area contributed by atoms with Crippen molar-refractivity contribution in [1.29, 1.82) is 0 Å². The first kappa shape index (κ1) is 49.8. The fourth-order valence-electron chi connectivity index (χ4n) is 6.83. The topological polar surface area (TPSA) is 110 Å². The second-order valence-corrected chi connectivity index (χ2v) is 15.4. The molecule has 0 aromatic heterocycles. The number of amides is 1. The lowest BCUT2D eigenvalue weighted by Gasteiger charge is -2.27. The van der Waals surface area contributed by atoms with Gasteiger partial charge in [-0.05, 0) is 51.4 Å². The number of aliphatic hydroxyl groups excluding tert-OH is 4. The van der Waals surface area contributed by atoms with Gasteiger partial charge in [-0.1, -0.05) is 199 Å². The standard InChI is InChI=1S/C45H87NO5/c1-3-5-7-9-11-13-15-17-18-19-20-21-22-23-24-25-27-28-30-32-34-36-38-42(48)44(50)41(40-47)46-45(51)43(49)39-37-35-33-31-29-26-16-14-12-10-8-6-4-2/h24-25,30,32,41-44,47-50H,3-23,26-29,31,33-40H2,1-2H3,(H,46,51)/b25-24+,32-30+. The van der Waals surface area contributed by atoms with Gasteiger partial charge in [0.05, 0.1) is 18.8 Å². The number of allylic oxidation sites excluding steroid dienone is 4. The predicted octanol–water partition coefficient (Wildman–Crippen LogP) is 11.6. The molecule has 0 radical (unpaired) electrons. The quantitative estimate of drug-likeness (QED) is 0.0320. The monoisotopic (exact) mass is 722 g/mol. The van der Waals surface area contributed by atoms with Crippen molar-refractivity contribution in [1.82, 2.24) is 5.32 Å². The molecule has 4 unspecified atom stereocenters. The molecule has 0 aromatic carbocycles. The van der Waals surface area contributed by atoms with E-state index < -0.39 is 36.9 Å². The smallest absolute Gasteiger partial charge is 0.249 e. The molecule has 6 nitrogen and oxygen atoms in total. The first-order chi connectivity index (χ1) is 25.0. The maximum absolute atomic E-state index is 12.5. The van der Waals surface area contributed by atoms with Crippen LogP contribution >= 0.6 is 0 Å². The summed E-state index contributed by atoms with van der Waals surface area (Å²) in [4.78, 5) is 12.5. The van der Waals surface area contributed by atoms with Crippen LogP contribution in [0.4, 0.5) is 0 Å². The van der Waals surface area contributed by atoms with Crippen molar-refractivity contribution in [2.24, 2.45) is 0 Å². The number of hydrogen-bond donors (Lipinski definition) is 5. The second kappa shape index (κ2) is 40.0. The third kappa shape index (κ3) is 34.3. The zero-order valence-corrected chi connectivity index (χ0v) is 33.9. The highest BCUT2D eigenvalue weighted by atomic mass is 16.3. The Morgan fingerprint density at radius 3 is 1.24 bits per heavy atom. The number of rotatable bonds is 40. The summed E-state index contributed by atoms with van der Waals surface area (Å²) >= 11 is 0. The highest BCUT2D eigenvalue weighted by molar-refractivity contribution is 5.80. The zero-order valence-electron chi connectivity index (χ0n) is 33.9. The van der Waals surface area contributed by atoms with Gasteiger partial charge in [-0.3, -0.25) is 4.79 Å². The summed E-state index contributed by atoms with van der Waals surface area (Å²) < 4.78 is 0. The molecule has 0 fully saturated rings. The molecule has 4 atom stereocenters. The molecular formula is C45H87NO5.